The number of carbonyl (C=O) groups is 3. The molecule has 0 saturated carbocycles. The third kappa shape index (κ3) is 6.95. The Morgan fingerprint density at radius 3 is 2.71 bits per heavy atom. The summed E-state index contributed by atoms with van der Waals surface area (Å²) in [6.07, 6.45) is 3.33. The lowest BCUT2D eigenvalue weighted by molar-refractivity contribution is -0.143. The first-order chi connectivity index (χ1) is 10.0. The highest BCUT2D eigenvalue weighted by molar-refractivity contribution is 5.96. The summed E-state index contributed by atoms with van der Waals surface area (Å²) >= 11 is 0. The van der Waals surface area contributed by atoms with Crippen LogP contribution >= 0.6 is 0 Å². The highest BCUT2D eigenvalue weighted by Crippen LogP contribution is 2.07. The number of rotatable bonds is 6. The van der Waals surface area contributed by atoms with Crippen molar-refractivity contribution in [3.05, 3.63) is 29.7 Å². The minimum atomic E-state index is -0.701. The van der Waals surface area contributed by atoms with Gasteiger partial charge in [0, 0.05) is 12.6 Å². The first kappa shape index (κ1) is 16.5. The minimum absolute atomic E-state index is 0.463. The van der Waals surface area contributed by atoms with Crippen molar-refractivity contribution >= 4 is 24.0 Å². The predicted octanol–water partition coefficient (Wildman–Crippen LogP) is 1.38. The maximum Gasteiger partial charge on any atom is 0.331 e. The van der Waals surface area contributed by atoms with E-state index in [1.54, 1.807) is 19.1 Å². The number of ether oxygens (including phenoxy) is 1. The molecule has 2 N–H and O–H groups in total. The van der Waals surface area contributed by atoms with E-state index in [1.807, 2.05) is 12.2 Å². The van der Waals surface area contributed by atoms with Crippen molar-refractivity contribution in [3.63, 3.8) is 0 Å². The maximum atomic E-state index is 11.4. The molecule has 7 nitrogen and oxygen atoms in total. The molecule has 1 aromatic rings. The molecule has 0 spiro atoms. The molecule has 0 aromatic carbocycles. The highest BCUT2D eigenvalue weighted by Gasteiger charge is 2.08. The number of carbonyl (C=O) groups excluding carboxylic acids is 3. The molecule has 0 saturated heterocycles. The van der Waals surface area contributed by atoms with Crippen LogP contribution in [0.25, 0.3) is 6.08 Å². The molecule has 0 bridgehead atoms. The average Bonchev–Trinajstić information content (AvgIpc) is 2.86. The molecule has 114 valence electrons. The zero-order valence-corrected chi connectivity index (χ0v) is 12.0. The van der Waals surface area contributed by atoms with Crippen molar-refractivity contribution in [2.24, 2.45) is 0 Å². The molecule has 0 radical (unpaired) electrons. The lowest BCUT2D eigenvalue weighted by Crippen LogP contribution is -2.41. The number of esters is 1. The maximum absolute atomic E-state index is 11.4. The first-order valence-corrected chi connectivity index (χ1v) is 6.50. The van der Waals surface area contributed by atoms with Crippen molar-refractivity contribution in [3.8, 4) is 0 Å². The fourth-order valence-corrected chi connectivity index (χ4v) is 1.32. The van der Waals surface area contributed by atoms with Gasteiger partial charge in [-0.25, -0.2) is 9.59 Å². The summed E-state index contributed by atoms with van der Waals surface area (Å²) in [5.41, 5.74) is 0. The van der Waals surface area contributed by atoms with E-state index < -0.39 is 24.5 Å². The normalized spacial score (nSPS) is 10.4. The van der Waals surface area contributed by atoms with Crippen LogP contribution in [0, 0.1) is 6.92 Å². The van der Waals surface area contributed by atoms with Gasteiger partial charge in [0.25, 0.3) is 5.91 Å². The molecule has 0 aliphatic heterocycles. The number of hydrogen-bond acceptors (Lipinski definition) is 5. The second kappa shape index (κ2) is 8.57. The first-order valence-electron chi connectivity index (χ1n) is 6.50. The quantitative estimate of drug-likeness (QED) is 0.610. The van der Waals surface area contributed by atoms with E-state index in [0.29, 0.717) is 12.3 Å². The number of urea groups is 1. The molecule has 0 atom stereocenters. The van der Waals surface area contributed by atoms with Crippen molar-refractivity contribution in [1.29, 1.82) is 0 Å². The van der Waals surface area contributed by atoms with Gasteiger partial charge in [-0.1, -0.05) is 6.92 Å². The smallest absolute Gasteiger partial charge is 0.331 e. The lowest BCUT2D eigenvalue weighted by Gasteiger charge is -2.05. The van der Waals surface area contributed by atoms with Gasteiger partial charge in [0.05, 0.1) is 0 Å². The van der Waals surface area contributed by atoms with E-state index in [-0.39, 0.29) is 0 Å². The second-order valence-electron chi connectivity index (χ2n) is 4.19. The Balaban J connectivity index is 2.27. The summed E-state index contributed by atoms with van der Waals surface area (Å²) in [5.74, 6) is -0.166. The van der Waals surface area contributed by atoms with Crippen LogP contribution in [0.15, 0.2) is 22.6 Å². The second-order valence-corrected chi connectivity index (χ2v) is 4.19. The summed E-state index contributed by atoms with van der Waals surface area (Å²) in [5, 5.41) is 4.50. The fourth-order valence-electron chi connectivity index (χ4n) is 1.32. The Bertz CT molecular complexity index is 533. The predicted molar refractivity (Wildman–Crippen MR) is 75.3 cm³/mol. The van der Waals surface area contributed by atoms with E-state index in [0.717, 1.165) is 18.3 Å². The van der Waals surface area contributed by atoms with Gasteiger partial charge in [-0.05, 0) is 31.6 Å². The zero-order valence-electron chi connectivity index (χ0n) is 12.0. The van der Waals surface area contributed by atoms with Crippen molar-refractivity contribution in [2.45, 2.75) is 20.3 Å². The molecule has 1 aromatic heterocycles. The topological polar surface area (TPSA) is 97.6 Å². The van der Waals surface area contributed by atoms with Crippen molar-refractivity contribution in [1.82, 2.24) is 10.6 Å². The summed E-state index contributed by atoms with van der Waals surface area (Å²) in [6, 6.07) is 2.84. The molecule has 0 aliphatic rings. The van der Waals surface area contributed by atoms with E-state index in [1.165, 1.54) is 6.08 Å². The highest BCUT2D eigenvalue weighted by atomic mass is 16.5. The van der Waals surface area contributed by atoms with E-state index in [9.17, 15) is 14.4 Å². The van der Waals surface area contributed by atoms with Crippen LogP contribution < -0.4 is 10.6 Å². The summed E-state index contributed by atoms with van der Waals surface area (Å²) in [6.45, 7) is 3.60. The van der Waals surface area contributed by atoms with Crippen molar-refractivity contribution < 1.29 is 23.5 Å². The van der Waals surface area contributed by atoms with Gasteiger partial charge < -0.3 is 14.5 Å². The molecule has 1 rings (SSSR count). The fraction of sp³-hybridized carbons (Fsp3) is 0.357. The molecule has 1 heterocycles. The van der Waals surface area contributed by atoms with Gasteiger partial charge in [-0.2, -0.15) is 0 Å². The summed E-state index contributed by atoms with van der Waals surface area (Å²) in [7, 11) is 0. The monoisotopic (exact) mass is 294 g/mol. The molecular weight excluding hydrogens is 276 g/mol. The number of hydrogen-bond donors (Lipinski definition) is 2. The van der Waals surface area contributed by atoms with Crippen LogP contribution in [0.1, 0.15) is 24.9 Å². The Labute approximate surface area is 122 Å². The number of imide groups is 1. The largest absolute Gasteiger partial charge is 0.462 e. The van der Waals surface area contributed by atoms with Crippen LogP contribution in [0.5, 0.6) is 0 Å². The molecule has 0 fully saturated rings. The van der Waals surface area contributed by atoms with Crippen LogP contribution in [-0.4, -0.2) is 31.1 Å². The molecule has 7 heteroatoms. The van der Waals surface area contributed by atoms with Gasteiger partial charge >= 0.3 is 12.0 Å². The zero-order chi connectivity index (χ0) is 15.7. The van der Waals surface area contributed by atoms with Gasteiger partial charge in [0.15, 0.2) is 6.61 Å². The van der Waals surface area contributed by atoms with Gasteiger partial charge in [-0.3, -0.25) is 10.1 Å². The van der Waals surface area contributed by atoms with Crippen LogP contribution in [0.4, 0.5) is 4.79 Å². The van der Waals surface area contributed by atoms with E-state index in [4.69, 9.17) is 4.42 Å². The van der Waals surface area contributed by atoms with Crippen LogP contribution in [0.3, 0.4) is 0 Å². The number of amides is 3. The number of furan rings is 1. The minimum Gasteiger partial charge on any atom is -0.462 e. The molecule has 0 aliphatic carbocycles. The third-order valence-electron chi connectivity index (χ3n) is 2.28. The SMILES string of the molecule is CCCNC(=O)NC(=O)COC(=O)C=Cc1ccc(C)o1. The lowest BCUT2D eigenvalue weighted by atomic mass is 10.4. The Morgan fingerprint density at radius 1 is 1.33 bits per heavy atom. The van der Waals surface area contributed by atoms with Gasteiger partial charge in [0.2, 0.25) is 0 Å². The Morgan fingerprint density at radius 2 is 2.10 bits per heavy atom. The van der Waals surface area contributed by atoms with Crippen LogP contribution in [-0.2, 0) is 14.3 Å². The summed E-state index contributed by atoms with van der Waals surface area (Å²) < 4.78 is 9.90. The van der Waals surface area contributed by atoms with E-state index in [2.05, 4.69) is 10.1 Å². The standard InChI is InChI=1S/C14H18N2O5/c1-3-8-15-14(19)16-12(17)9-20-13(18)7-6-11-5-4-10(2)21-11/h4-7H,3,8-9H2,1-2H3,(H2,15,16,17,19). The number of nitrogens with one attached hydrogen (secondary N) is 2. The third-order valence-corrected chi connectivity index (χ3v) is 2.28. The van der Waals surface area contributed by atoms with Gasteiger partial charge in [0.1, 0.15) is 11.5 Å². The molecule has 21 heavy (non-hydrogen) atoms. The van der Waals surface area contributed by atoms with Gasteiger partial charge in [-0.15, -0.1) is 0 Å². The van der Waals surface area contributed by atoms with Crippen molar-refractivity contribution in [2.75, 3.05) is 13.2 Å². The van der Waals surface area contributed by atoms with Crippen LogP contribution in [0.2, 0.25) is 0 Å². The summed E-state index contributed by atoms with van der Waals surface area (Å²) in [4.78, 5) is 33.8. The molecular formula is C14H18N2O5. The average molecular weight is 294 g/mol. The van der Waals surface area contributed by atoms with E-state index >= 15 is 0 Å². The molecule has 0 unspecified atom stereocenters. The Kier molecular flexibility index (Phi) is 6.73. The molecule has 3 amide bonds. The Hall–Kier alpha value is -2.57. The number of aryl methyl sites for hydroxylation is 1.